The van der Waals surface area contributed by atoms with Crippen LogP contribution in [0.5, 0.6) is 5.75 Å². The summed E-state index contributed by atoms with van der Waals surface area (Å²) in [5.41, 5.74) is 0.893. The van der Waals surface area contributed by atoms with Gasteiger partial charge < -0.3 is 10.1 Å². The first-order valence-electron chi connectivity index (χ1n) is 3.12. The van der Waals surface area contributed by atoms with Crippen LogP contribution in [-0.4, -0.2) is 13.3 Å². The van der Waals surface area contributed by atoms with E-state index >= 15 is 0 Å². The molecule has 0 spiro atoms. The molecule has 0 aliphatic heterocycles. The summed E-state index contributed by atoms with van der Waals surface area (Å²) in [4.78, 5) is 0. The topological polar surface area (TPSA) is 33.1 Å². The SMILES string of the molecule is COc1cccc(C=N)c1I. The van der Waals surface area contributed by atoms with Gasteiger partial charge in [0.2, 0.25) is 0 Å². The van der Waals surface area contributed by atoms with Crippen molar-refractivity contribution in [3.63, 3.8) is 0 Å². The quantitative estimate of drug-likeness (QED) is 0.643. The lowest BCUT2D eigenvalue weighted by Gasteiger charge is -2.03. The van der Waals surface area contributed by atoms with Crippen LogP contribution in [0.15, 0.2) is 18.2 Å². The van der Waals surface area contributed by atoms with Crippen molar-refractivity contribution in [2.45, 2.75) is 0 Å². The maximum absolute atomic E-state index is 7.07. The Balaban J connectivity index is 3.20. The second kappa shape index (κ2) is 3.71. The van der Waals surface area contributed by atoms with Crippen molar-refractivity contribution in [3.05, 3.63) is 27.3 Å². The molecule has 0 radical (unpaired) electrons. The Morgan fingerprint density at radius 2 is 2.27 bits per heavy atom. The van der Waals surface area contributed by atoms with E-state index in [1.807, 2.05) is 18.2 Å². The van der Waals surface area contributed by atoms with Crippen molar-refractivity contribution in [1.29, 1.82) is 5.41 Å². The van der Waals surface area contributed by atoms with E-state index in [9.17, 15) is 0 Å². The number of hydrogen-bond donors (Lipinski definition) is 1. The summed E-state index contributed by atoms with van der Waals surface area (Å²) >= 11 is 2.16. The molecule has 1 rings (SSSR count). The zero-order valence-corrected chi connectivity index (χ0v) is 8.25. The lowest BCUT2D eigenvalue weighted by atomic mass is 10.2. The average molecular weight is 261 g/mol. The van der Waals surface area contributed by atoms with Crippen LogP contribution in [0.1, 0.15) is 5.56 Å². The molecule has 0 atom stereocenters. The summed E-state index contributed by atoms with van der Waals surface area (Å²) in [6, 6.07) is 5.65. The summed E-state index contributed by atoms with van der Waals surface area (Å²) < 4.78 is 6.07. The molecule has 1 aromatic rings. The Morgan fingerprint density at radius 1 is 1.55 bits per heavy atom. The van der Waals surface area contributed by atoms with E-state index in [0.29, 0.717) is 0 Å². The first kappa shape index (κ1) is 8.52. The van der Waals surface area contributed by atoms with E-state index in [1.165, 1.54) is 6.21 Å². The molecule has 3 heteroatoms. The maximum Gasteiger partial charge on any atom is 0.132 e. The van der Waals surface area contributed by atoms with Crippen molar-refractivity contribution >= 4 is 28.8 Å². The molecule has 0 amide bonds. The van der Waals surface area contributed by atoms with Gasteiger partial charge in [0.1, 0.15) is 5.75 Å². The fourth-order valence-electron chi connectivity index (χ4n) is 0.797. The Morgan fingerprint density at radius 3 is 2.82 bits per heavy atom. The molecule has 11 heavy (non-hydrogen) atoms. The molecule has 1 aromatic carbocycles. The Hall–Kier alpha value is -0.580. The highest BCUT2D eigenvalue weighted by atomic mass is 127. The highest BCUT2D eigenvalue weighted by molar-refractivity contribution is 14.1. The minimum absolute atomic E-state index is 0.826. The minimum Gasteiger partial charge on any atom is -0.496 e. The van der Waals surface area contributed by atoms with Gasteiger partial charge in [-0.05, 0) is 28.7 Å². The zero-order chi connectivity index (χ0) is 8.27. The third kappa shape index (κ3) is 1.71. The summed E-state index contributed by atoms with van der Waals surface area (Å²) in [7, 11) is 1.63. The molecular weight excluding hydrogens is 253 g/mol. The van der Waals surface area contributed by atoms with Gasteiger partial charge in [-0.1, -0.05) is 12.1 Å². The van der Waals surface area contributed by atoms with Gasteiger partial charge in [-0.3, -0.25) is 0 Å². The van der Waals surface area contributed by atoms with Crippen molar-refractivity contribution in [2.24, 2.45) is 0 Å². The second-order valence-electron chi connectivity index (χ2n) is 2.01. The second-order valence-corrected chi connectivity index (χ2v) is 3.09. The van der Waals surface area contributed by atoms with Crippen LogP contribution in [-0.2, 0) is 0 Å². The van der Waals surface area contributed by atoms with E-state index in [0.717, 1.165) is 14.9 Å². The van der Waals surface area contributed by atoms with Crippen LogP contribution in [0.25, 0.3) is 0 Å². The molecule has 0 saturated carbocycles. The van der Waals surface area contributed by atoms with Gasteiger partial charge in [0.25, 0.3) is 0 Å². The van der Waals surface area contributed by atoms with E-state index < -0.39 is 0 Å². The van der Waals surface area contributed by atoms with Crippen molar-refractivity contribution in [2.75, 3.05) is 7.11 Å². The van der Waals surface area contributed by atoms with Crippen molar-refractivity contribution < 1.29 is 4.74 Å². The van der Waals surface area contributed by atoms with Gasteiger partial charge in [0.05, 0.1) is 10.7 Å². The van der Waals surface area contributed by atoms with E-state index in [1.54, 1.807) is 7.11 Å². The third-order valence-corrected chi connectivity index (χ3v) is 2.52. The van der Waals surface area contributed by atoms with E-state index in [2.05, 4.69) is 22.6 Å². The van der Waals surface area contributed by atoms with E-state index in [4.69, 9.17) is 10.1 Å². The lowest BCUT2D eigenvalue weighted by Crippen LogP contribution is -1.91. The lowest BCUT2D eigenvalue weighted by molar-refractivity contribution is 0.412. The number of benzene rings is 1. The molecule has 1 N–H and O–H groups in total. The fourth-order valence-corrected chi connectivity index (χ4v) is 1.53. The van der Waals surface area contributed by atoms with E-state index in [-0.39, 0.29) is 0 Å². The van der Waals surface area contributed by atoms with Gasteiger partial charge in [-0.25, -0.2) is 0 Å². The van der Waals surface area contributed by atoms with Gasteiger partial charge in [0.15, 0.2) is 0 Å². The summed E-state index contributed by atoms with van der Waals surface area (Å²) in [6.07, 6.45) is 1.32. The van der Waals surface area contributed by atoms with Gasteiger partial charge in [-0.15, -0.1) is 0 Å². The maximum atomic E-state index is 7.07. The molecule has 0 bridgehead atoms. The van der Waals surface area contributed by atoms with Crippen LogP contribution in [0, 0.1) is 8.98 Å². The van der Waals surface area contributed by atoms with Crippen LogP contribution in [0.2, 0.25) is 0 Å². The monoisotopic (exact) mass is 261 g/mol. The van der Waals surface area contributed by atoms with Crippen LogP contribution < -0.4 is 4.74 Å². The number of hydrogen-bond acceptors (Lipinski definition) is 2. The highest BCUT2D eigenvalue weighted by Crippen LogP contribution is 2.22. The Labute approximate surface area is 79.2 Å². The van der Waals surface area contributed by atoms with Crippen LogP contribution >= 0.6 is 22.6 Å². The summed E-state index contributed by atoms with van der Waals surface area (Å²) in [5.74, 6) is 0.826. The number of methoxy groups -OCH3 is 1. The normalized spacial score (nSPS) is 9.27. The summed E-state index contributed by atoms with van der Waals surface area (Å²) in [5, 5.41) is 7.07. The van der Waals surface area contributed by atoms with Gasteiger partial charge in [-0.2, -0.15) is 0 Å². The molecule has 0 saturated heterocycles. The number of halogens is 1. The molecule has 0 fully saturated rings. The van der Waals surface area contributed by atoms with Gasteiger partial charge in [0, 0.05) is 11.8 Å². The third-order valence-electron chi connectivity index (χ3n) is 1.37. The fraction of sp³-hybridized carbons (Fsp3) is 0.125. The zero-order valence-electron chi connectivity index (χ0n) is 6.10. The van der Waals surface area contributed by atoms with Crippen LogP contribution in [0.3, 0.4) is 0 Å². The van der Waals surface area contributed by atoms with Crippen molar-refractivity contribution in [1.82, 2.24) is 0 Å². The molecule has 0 aliphatic rings. The highest BCUT2D eigenvalue weighted by Gasteiger charge is 2.01. The molecule has 0 unspecified atom stereocenters. The molecule has 2 nitrogen and oxygen atoms in total. The predicted molar refractivity (Wildman–Crippen MR) is 53.6 cm³/mol. The predicted octanol–water partition coefficient (Wildman–Crippen LogP) is 2.30. The molecule has 0 aliphatic carbocycles. The molecule has 0 heterocycles. The molecular formula is C8H8INO. The standard InChI is InChI=1S/C8H8INO/c1-11-7-4-2-3-6(5-10)8(7)9/h2-5,10H,1H3. The summed E-state index contributed by atoms with van der Waals surface area (Å²) in [6.45, 7) is 0. The molecule has 58 valence electrons. The Kier molecular flexibility index (Phi) is 2.87. The Bertz CT molecular complexity index is 273. The minimum atomic E-state index is 0.826. The first-order valence-corrected chi connectivity index (χ1v) is 4.20. The molecule has 0 aromatic heterocycles. The van der Waals surface area contributed by atoms with Gasteiger partial charge >= 0.3 is 0 Å². The number of ether oxygens (including phenoxy) is 1. The largest absolute Gasteiger partial charge is 0.496 e. The number of rotatable bonds is 2. The average Bonchev–Trinajstić information content (AvgIpc) is 2.05. The number of nitrogens with one attached hydrogen (secondary N) is 1. The smallest absolute Gasteiger partial charge is 0.132 e. The van der Waals surface area contributed by atoms with Crippen LogP contribution in [0.4, 0.5) is 0 Å². The van der Waals surface area contributed by atoms with Crippen molar-refractivity contribution in [3.8, 4) is 5.75 Å². The first-order chi connectivity index (χ1) is 5.29.